The van der Waals surface area contributed by atoms with E-state index in [2.05, 4.69) is 17.2 Å². The molecule has 2 atom stereocenters. The van der Waals surface area contributed by atoms with Gasteiger partial charge in [0.15, 0.2) is 0 Å². The fourth-order valence-electron chi connectivity index (χ4n) is 3.56. The number of amides is 2. The molecule has 2 amide bonds. The highest BCUT2D eigenvalue weighted by molar-refractivity contribution is 5.85. The second-order valence-electron chi connectivity index (χ2n) is 6.80. The van der Waals surface area contributed by atoms with Crippen LogP contribution in [0.4, 0.5) is 4.79 Å². The highest BCUT2D eigenvalue weighted by atomic mass is 16.5. The molecule has 2 unspecified atom stereocenters. The lowest BCUT2D eigenvalue weighted by atomic mass is 9.88. The van der Waals surface area contributed by atoms with Crippen molar-refractivity contribution in [1.29, 1.82) is 0 Å². The molecule has 1 aromatic rings. The molecule has 1 heterocycles. The van der Waals surface area contributed by atoms with Gasteiger partial charge in [-0.2, -0.15) is 0 Å². The quantitative estimate of drug-likeness (QED) is 0.733. The minimum absolute atomic E-state index is 0.124. The van der Waals surface area contributed by atoms with Crippen molar-refractivity contribution in [2.24, 2.45) is 11.8 Å². The number of phenols is 1. The van der Waals surface area contributed by atoms with Crippen LogP contribution in [0.25, 0.3) is 0 Å². The number of ether oxygens (including phenoxy) is 1. The Labute approximate surface area is 147 Å². The van der Waals surface area contributed by atoms with Crippen molar-refractivity contribution in [3.63, 3.8) is 0 Å². The van der Waals surface area contributed by atoms with E-state index in [1.54, 1.807) is 12.1 Å². The van der Waals surface area contributed by atoms with Gasteiger partial charge in [-0.1, -0.05) is 38.0 Å². The normalized spacial score (nSPS) is 24.3. The highest BCUT2D eigenvalue weighted by Crippen LogP contribution is 2.32. The maximum Gasteiger partial charge on any atom is 0.319 e. The van der Waals surface area contributed by atoms with Gasteiger partial charge >= 0.3 is 12.0 Å². The number of urea groups is 1. The van der Waals surface area contributed by atoms with Crippen molar-refractivity contribution in [1.82, 2.24) is 10.6 Å². The van der Waals surface area contributed by atoms with Crippen molar-refractivity contribution >= 4 is 12.0 Å². The van der Waals surface area contributed by atoms with Crippen molar-refractivity contribution < 1.29 is 19.4 Å². The molecule has 0 bridgehead atoms. The van der Waals surface area contributed by atoms with Gasteiger partial charge in [0, 0.05) is 5.70 Å². The molecule has 6 heteroatoms. The topological polar surface area (TPSA) is 87.7 Å². The van der Waals surface area contributed by atoms with Crippen LogP contribution in [-0.4, -0.2) is 23.7 Å². The van der Waals surface area contributed by atoms with E-state index in [9.17, 15) is 14.7 Å². The van der Waals surface area contributed by atoms with Gasteiger partial charge in [-0.15, -0.1) is 0 Å². The van der Waals surface area contributed by atoms with Gasteiger partial charge in [0.2, 0.25) is 0 Å². The van der Waals surface area contributed by atoms with Crippen molar-refractivity contribution in [3.8, 4) is 5.75 Å². The van der Waals surface area contributed by atoms with Crippen LogP contribution in [0.3, 0.4) is 0 Å². The summed E-state index contributed by atoms with van der Waals surface area (Å²) in [5.74, 6) is -0.546. The number of aromatic hydroxyl groups is 1. The zero-order valence-electron chi connectivity index (χ0n) is 14.2. The van der Waals surface area contributed by atoms with Gasteiger partial charge < -0.3 is 20.5 Å². The van der Waals surface area contributed by atoms with E-state index in [1.807, 2.05) is 0 Å². The van der Waals surface area contributed by atoms with Gasteiger partial charge in [-0.3, -0.25) is 4.79 Å². The van der Waals surface area contributed by atoms with Gasteiger partial charge in [0.25, 0.3) is 0 Å². The Morgan fingerprint density at radius 2 is 1.88 bits per heavy atom. The van der Waals surface area contributed by atoms with Crippen LogP contribution < -0.4 is 10.6 Å². The summed E-state index contributed by atoms with van der Waals surface area (Å²) in [5, 5.41) is 14.8. The first kappa shape index (κ1) is 17.3. The van der Waals surface area contributed by atoms with Gasteiger partial charge in [-0.05, 0) is 36.5 Å². The molecule has 25 heavy (non-hydrogen) atoms. The summed E-state index contributed by atoms with van der Waals surface area (Å²) in [5.41, 5.74) is 1.05. The predicted octanol–water partition coefficient (Wildman–Crippen LogP) is 3.00. The molecule has 134 valence electrons. The molecular formula is C19H24N2O4. The van der Waals surface area contributed by atoms with Crippen molar-refractivity contribution in [2.75, 3.05) is 6.61 Å². The SMILES string of the molecule is C=C1NC(=O)NC(c2ccc(O)cc2)C1C(=O)OCC1CCCCC1. The van der Waals surface area contributed by atoms with Gasteiger partial charge in [-0.25, -0.2) is 4.79 Å². The number of carbonyl (C=O) groups is 2. The molecular weight excluding hydrogens is 320 g/mol. The van der Waals surface area contributed by atoms with E-state index < -0.39 is 18.0 Å². The predicted molar refractivity (Wildman–Crippen MR) is 92.7 cm³/mol. The number of nitrogens with one attached hydrogen (secondary N) is 2. The van der Waals surface area contributed by atoms with E-state index in [0.29, 0.717) is 23.8 Å². The molecule has 1 saturated carbocycles. The Balaban J connectivity index is 1.72. The third kappa shape index (κ3) is 4.13. The van der Waals surface area contributed by atoms with E-state index in [-0.39, 0.29) is 11.7 Å². The van der Waals surface area contributed by atoms with Crippen molar-refractivity contribution in [3.05, 3.63) is 42.1 Å². The van der Waals surface area contributed by atoms with E-state index in [1.165, 1.54) is 31.4 Å². The summed E-state index contributed by atoms with van der Waals surface area (Å²) in [7, 11) is 0. The number of benzene rings is 1. The molecule has 1 saturated heterocycles. The Bertz CT molecular complexity index is 650. The van der Waals surface area contributed by atoms with E-state index in [0.717, 1.165) is 12.8 Å². The molecule has 0 aromatic heterocycles. The largest absolute Gasteiger partial charge is 0.508 e. The van der Waals surface area contributed by atoms with Gasteiger partial charge in [0.05, 0.1) is 12.6 Å². The Hall–Kier alpha value is -2.50. The zero-order valence-corrected chi connectivity index (χ0v) is 14.2. The van der Waals surface area contributed by atoms with E-state index >= 15 is 0 Å². The first-order valence-electron chi connectivity index (χ1n) is 8.76. The summed E-state index contributed by atoms with van der Waals surface area (Å²) in [4.78, 5) is 24.5. The molecule has 3 N–H and O–H groups in total. The van der Waals surface area contributed by atoms with Crippen LogP contribution in [0.1, 0.15) is 43.7 Å². The Morgan fingerprint density at radius 3 is 2.56 bits per heavy atom. The fraction of sp³-hybridized carbons (Fsp3) is 0.474. The molecule has 3 rings (SSSR count). The molecule has 2 fully saturated rings. The fourth-order valence-corrected chi connectivity index (χ4v) is 3.56. The summed E-state index contributed by atoms with van der Waals surface area (Å²) >= 11 is 0. The number of hydrogen-bond acceptors (Lipinski definition) is 4. The molecule has 1 aliphatic heterocycles. The smallest absolute Gasteiger partial charge is 0.319 e. The van der Waals surface area contributed by atoms with Crippen LogP contribution in [0, 0.1) is 11.8 Å². The third-order valence-corrected chi connectivity index (χ3v) is 4.96. The van der Waals surface area contributed by atoms with Gasteiger partial charge in [0.1, 0.15) is 11.7 Å². The Kier molecular flexibility index (Phi) is 5.26. The minimum atomic E-state index is -0.703. The maximum atomic E-state index is 12.7. The lowest BCUT2D eigenvalue weighted by Crippen LogP contribution is -2.51. The molecule has 1 aromatic carbocycles. The maximum absolute atomic E-state index is 12.7. The van der Waals surface area contributed by atoms with Crippen LogP contribution in [0.15, 0.2) is 36.5 Å². The number of rotatable bonds is 4. The lowest BCUT2D eigenvalue weighted by Gasteiger charge is -2.33. The first-order valence-corrected chi connectivity index (χ1v) is 8.76. The summed E-state index contributed by atoms with van der Waals surface area (Å²) < 4.78 is 5.56. The van der Waals surface area contributed by atoms with E-state index in [4.69, 9.17) is 4.74 Å². The average Bonchev–Trinajstić information content (AvgIpc) is 2.60. The average molecular weight is 344 g/mol. The third-order valence-electron chi connectivity index (χ3n) is 4.96. The number of esters is 1. The molecule has 2 aliphatic rings. The Morgan fingerprint density at radius 1 is 1.20 bits per heavy atom. The highest BCUT2D eigenvalue weighted by Gasteiger charge is 2.39. The van der Waals surface area contributed by atoms with Crippen LogP contribution in [-0.2, 0) is 9.53 Å². The number of hydrogen-bond donors (Lipinski definition) is 3. The zero-order chi connectivity index (χ0) is 17.8. The number of phenolic OH excluding ortho intramolecular Hbond substituents is 1. The monoisotopic (exact) mass is 344 g/mol. The molecule has 6 nitrogen and oxygen atoms in total. The number of carbonyl (C=O) groups excluding carboxylic acids is 2. The van der Waals surface area contributed by atoms with Crippen molar-refractivity contribution in [2.45, 2.75) is 38.1 Å². The first-order chi connectivity index (χ1) is 12.0. The van der Waals surface area contributed by atoms with Crippen LogP contribution >= 0.6 is 0 Å². The molecule has 0 radical (unpaired) electrons. The summed E-state index contributed by atoms with van der Waals surface area (Å²) in [6.45, 7) is 4.25. The minimum Gasteiger partial charge on any atom is -0.508 e. The molecule has 0 spiro atoms. The standard InChI is InChI=1S/C19H24N2O4/c1-12-16(18(23)25-11-13-5-3-2-4-6-13)17(21-19(24)20-12)14-7-9-15(22)10-8-14/h7-10,13,16-17,22H,1-6,11H2,(H2,20,21,24). The second kappa shape index (κ2) is 7.59. The van der Waals surface area contributed by atoms with Crippen LogP contribution in [0.2, 0.25) is 0 Å². The summed E-state index contributed by atoms with van der Waals surface area (Å²) in [6, 6.07) is 5.44. The van der Waals surface area contributed by atoms with Crippen LogP contribution in [0.5, 0.6) is 5.75 Å². The molecule has 1 aliphatic carbocycles. The second-order valence-corrected chi connectivity index (χ2v) is 6.80. The lowest BCUT2D eigenvalue weighted by molar-refractivity contribution is -0.150. The summed E-state index contributed by atoms with van der Waals surface area (Å²) in [6.07, 6.45) is 5.81.